The Balaban J connectivity index is 2.72. The summed E-state index contributed by atoms with van der Waals surface area (Å²) < 4.78 is 76.9. The predicted octanol–water partition coefficient (Wildman–Crippen LogP) is 1.83. The molecule has 21 heavy (non-hydrogen) atoms. The van der Waals surface area contributed by atoms with Gasteiger partial charge in [-0.25, -0.2) is 0 Å². The molecule has 3 atom stereocenters. The second-order valence-corrected chi connectivity index (χ2v) is 4.64. The van der Waals surface area contributed by atoms with Gasteiger partial charge in [0.25, 0.3) is 0 Å². The molecular weight excluding hydrogens is 307 g/mol. The van der Waals surface area contributed by atoms with Crippen molar-refractivity contribution in [3.63, 3.8) is 0 Å². The van der Waals surface area contributed by atoms with Crippen molar-refractivity contribution >= 4 is 5.97 Å². The Hall–Kier alpha value is -1.00. The molecule has 0 aromatic carbocycles. The van der Waals surface area contributed by atoms with Gasteiger partial charge < -0.3 is 19.3 Å². The maximum Gasteiger partial charge on any atom is 0.449 e. The summed E-state index contributed by atoms with van der Waals surface area (Å²) in [6, 6.07) is 0. The standard InChI is InChI=1S/C11H15F5O5/c1-3-6(2)8(17)19-4-7-20-5-9(12,13)10(18,21-7)11(14,15)16/h6-7,18H,3-5H2,1-2H3. The van der Waals surface area contributed by atoms with Gasteiger partial charge in [-0.1, -0.05) is 13.8 Å². The van der Waals surface area contributed by atoms with E-state index in [4.69, 9.17) is 5.11 Å². The fraction of sp³-hybridized carbons (Fsp3) is 0.909. The Kier molecular flexibility index (Phi) is 5.17. The molecule has 0 spiro atoms. The number of aliphatic hydroxyl groups is 1. The van der Waals surface area contributed by atoms with Crippen molar-refractivity contribution in [1.29, 1.82) is 0 Å². The van der Waals surface area contributed by atoms with Crippen molar-refractivity contribution in [2.75, 3.05) is 13.2 Å². The van der Waals surface area contributed by atoms with Crippen LogP contribution >= 0.6 is 0 Å². The molecule has 0 amide bonds. The monoisotopic (exact) mass is 322 g/mol. The first-order valence-corrected chi connectivity index (χ1v) is 6.07. The SMILES string of the molecule is CCC(C)C(=O)OCC1OCC(F)(F)C(O)(C(F)(F)F)O1. The zero-order chi connectivity index (χ0) is 16.5. The van der Waals surface area contributed by atoms with Gasteiger partial charge in [0.2, 0.25) is 0 Å². The maximum atomic E-state index is 13.2. The Bertz CT molecular complexity index is 386. The molecule has 10 heteroatoms. The zero-order valence-electron chi connectivity index (χ0n) is 11.2. The molecule has 0 aromatic rings. The van der Waals surface area contributed by atoms with E-state index in [1.165, 1.54) is 6.92 Å². The average Bonchev–Trinajstić information content (AvgIpc) is 2.37. The number of esters is 1. The lowest BCUT2D eigenvalue weighted by Crippen LogP contribution is -2.67. The minimum Gasteiger partial charge on any atom is -0.460 e. The van der Waals surface area contributed by atoms with Crippen molar-refractivity contribution < 1.29 is 46.1 Å². The van der Waals surface area contributed by atoms with Crippen molar-refractivity contribution in [2.45, 2.75) is 44.4 Å². The normalized spacial score (nSPS) is 30.8. The second-order valence-electron chi connectivity index (χ2n) is 4.64. The lowest BCUT2D eigenvalue weighted by atomic mass is 10.1. The van der Waals surface area contributed by atoms with Gasteiger partial charge in [0.1, 0.15) is 13.2 Å². The van der Waals surface area contributed by atoms with E-state index in [9.17, 15) is 26.7 Å². The number of hydrogen-bond acceptors (Lipinski definition) is 5. The third-order valence-corrected chi connectivity index (χ3v) is 3.01. The molecule has 0 bridgehead atoms. The van der Waals surface area contributed by atoms with Crippen LogP contribution in [-0.4, -0.2) is 48.5 Å². The van der Waals surface area contributed by atoms with Crippen LogP contribution in [0.25, 0.3) is 0 Å². The van der Waals surface area contributed by atoms with Crippen LogP contribution in [0.15, 0.2) is 0 Å². The van der Waals surface area contributed by atoms with E-state index in [2.05, 4.69) is 14.2 Å². The molecule has 124 valence electrons. The van der Waals surface area contributed by atoms with Crippen LogP contribution in [0, 0.1) is 5.92 Å². The van der Waals surface area contributed by atoms with E-state index in [1.807, 2.05) is 0 Å². The molecule has 1 aliphatic rings. The van der Waals surface area contributed by atoms with Crippen LogP contribution in [0.3, 0.4) is 0 Å². The molecule has 0 saturated carbocycles. The van der Waals surface area contributed by atoms with Gasteiger partial charge in [0, 0.05) is 0 Å². The number of halogens is 5. The Morgan fingerprint density at radius 2 is 2.05 bits per heavy atom. The third kappa shape index (κ3) is 3.61. The van der Waals surface area contributed by atoms with Crippen molar-refractivity contribution in [3.8, 4) is 0 Å². The smallest absolute Gasteiger partial charge is 0.449 e. The van der Waals surface area contributed by atoms with Gasteiger partial charge in [-0.15, -0.1) is 0 Å². The molecule has 1 fully saturated rings. The zero-order valence-corrected chi connectivity index (χ0v) is 11.2. The molecule has 0 aliphatic carbocycles. The number of carbonyl (C=O) groups is 1. The summed E-state index contributed by atoms with van der Waals surface area (Å²) >= 11 is 0. The predicted molar refractivity (Wildman–Crippen MR) is 57.2 cm³/mol. The highest BCUT2D eigenvalue weighted by molar-refractivity contribution is 5.71. The van der Waals surface area contributed by atoms with E-state index < -0.39 is 49.3 Å². The highest BCUT2D eigenvalue weighted by Crippen LogP contribution is 2.46. The summed E-state index contributed by atoms with van der Waals surface area (Å²) in [4.78, 5) is 11.3. The molecule has 5 nitrogen and oxygen atoms in total. The highest BCUT2D eigenvalue weighted by atomic mass is 19.4. The lowest BCUT2D eigenvalue weighted by Gasteiger charge is -2.42. The first kappa shape index (κ1) is 18.1. The molecular formula is C11H15F5O5. The van der Waals surface area contributed by atoms with Crippen molar-refractivity contribution in [2.24, 2.45) is 5.92 Å². The largest absolute Gasteiger partial charge is 0.460 e. The minimum atomic E-state index is -5.74. The first-order valence-electron chi connectivity index (χ1n) is 6.07. The van der Waals surface area contributed by atoms with Crippen molar-refractivity contribution in [1.82, 2.24) is 0 Å². The van der Waals surface area contributed by atoms with Crippen LogP contribution in [0.5, 0.6) is 0 Å². The number of hydrogen-bond donors (Lipinski definition) is 1. The number of rotatable bonds is 4. The molecule has 1 N–H and O–H groups in total. The number of ether oxygens (including phenoxy) is 3. The average molecular weight is 322 g/mol. The molecule has 1 aliphatic heterocycles. The number of carbonyl (C=O) groups excluding carboxylic acids is 1. The summed E-state index contributed by atoms with van der Waals surface area (Å²) in [7, 11) is 0. The molecule has 0 radical (unpaired) electrons. The molecule has 0 aromatic heterocycles. The fourth-order valence-corrected chi connectivity index (χ4v) is 1.42. The van der Waals surface area contributed by atoms with Gasteiger partial charge in [0.15, 0.2) is 6.29 Å². The van der Waals surface area contributed by atoms with Crippen LogP contribution in [0.2, 0.25) is 0 Å². The van der Waals surface area contributed by atoms with Gasteiger partial charge in [-0.3, -0.25) is 4.79 Å². The van der Waals surface area contributed by atoms with E-state index in [0.717, 1.165) is 0 Å². The Morgan fingerprint density at radius 3 is 2.52 bits per heavy atom. The minimum absolute atomic E-state index is 0.426. The third-order valence-electron chi connectivity index (χ3n) is 3.01. The van der Waals surface area contributed by atoms with Crippen LogP contribution < -0.4 is 0 Å². The summed E-state index contributed by atoms with van der Waals surface area (Å²) in [6.07, 6.45) is -7.25. The first-order chi connectivity index (χ1) is 9.44. The van der Waals surface area contributed by atoms with Gasteiger partial charge in [0.05, 0.1) is 5.92 Å². The molecule has 1 rings (SSSR count). The topological polar surface area (TPSA) is 65.0 Å². The second kappa shape index (κ2) is 6.01. The van der Waals surface area contributed by atoms with E-state index >= 15 is 0 Å². The molecule has 3 unspecified atom stereocenters. The summed E-state index contributed by atoms with van der Waals surface area (Å²) in [5.74, 6) is -10.6. The van der Waals surface area contributed by atoms with Gasteiger partial charge >= 0.3 is 23.9 Å². The Morgan fingerprint density at radius 1 is 1.48 bits per heavy atom. The fourth-order valence-electron chi connectivity index (χ4n) is 1.42. The molecule has 1 saturated heterocycles. The number of alkyl halides is 5. The maximum absolute atomic E-state index is 13.2. The van der Waals surface area contributed by atoms with Crippen LogP contribution in [0.1, 0.15) is 20.3 Å². The summed E-state index contributed by atoms with van der Waals surface area (Å²) in [5, 5.41) is 9.11. The van der Waals surface area contributed by atoms with Crippen LogP contribution in [-0.2, 0) is 19.0 Å². The van der Waals surface area contributed by atoms with E-state index in [-0.39, 0.29) is 0 Å². The van der Waals surface area contributed by atoms with Crippen molar-refractivity contribution in [3.05, 3.63) is 0 Å². The summed E-state index contributed by atoms with van der Waals surface area (Å²) in [5.41, 5.74) is 0. The quantitative estimate of drug-likeness (QED) is 0.632. The van der Waals surface area contributed by atoms with E-state index in [0.29, 0.717) is 6.42 Å². The van der Waals surface area contributed by atoms with E-state index in [1.54, 1.807) is 6.92 Å². The summed E-state index contributed by atoms with van der Waals surface area (Å²) in [6.45, 7) is 0.653. The highest BCUT2D eigenvalue weighted by Gasteiger charge is 2.73. The van der Waals surface area contributed by atoms with Crippen LogP contribution in [0.4, 0.5) is 22.0 Å². The van der Waals surface area contributed by atoms with Gasteiger partial charge in [-0.05, 0) is 6.42 Å². The lowest BCUT2D eigenvalue weighted by molar-refractivity contribution is -0.490. The molecule has 1 heterocycles. The Labute approximate surface area is 117 Å². The van der Waals surface area contributed by atoms with Gasteiger partial charge in [-0.2, -0.15) is 22.0 Å².